The van der Waals surface area contributed by atoms with Gasteiger partial charge < -0.3 is 25.4 Å². The molecule has 0 unspecified atom stereocenters. The second-order valence-corrected chi connectivity index (χ2v) is 7.44. The zero-order chi connectivity index (χ0) is 20.0. The number of aliphatic hydroxyl groups excluding tert-OH is 1. The summed E-state index contributed by atoms with van der Waals surface area (Å²) in [6.45, 7) is 5.40. The van der Waals surface area contributed by atoms with Crippen LogP contribution in [0.4, 0.5) is 10.5 Å². The van der Waals surface area contributed by atoms with E-state index in [0.29, 0.717) is 18.7 Å². The normalized spacial score (nSPS) is 16.7. The van der Waals surface area contributed by atoms with Gasteiger partial charge in [-0.15, -0.1) is 0 Å². The van der Waals surface area contributed by atoms with E-state index in [1.807, 2.05) is 0 Å². The molecule has 1 heterocycles. The van der Waals surface area contributed by atoms with E-state index in [1.54, 1.807) is 45.0 Å². The molecule has 3 amide bonds. The number of carbonyl (C=O) groups excluding carboxylic acids is 3. The van der Waals surface area contributed by atoms with Gasteiger partial charge in [0.05, 0.1) is 6.61 Å². The molecule has 8 nitrogen and oxygen atoms in total. The second kappa shape index (κ2) is 8.85. The summed E-state index contributed by atoms with van der Waals surface area (Å²) in [6, 6.07) is 6.27. The average Bonchev–Trinajstić information content (AvgIpc) is 3.09. The topological polar surface area (TPSA) is 108 Å². The molecule has 8 heteroatoms. The van der Waals surface area contributed by atoms with E-state index >= 15 is 0 Å². The molecular formula is C19H27N3O5. The van der Waals surface area contributed by atoms with Gasteiger partial charge in [-0.05, 0) is 51.3 Å². The maximum Gasteiger partial charge on any atom is 0.408 e. The van der Waals surface area contributed by atoms with Crippen molar-refractivity contribution >= 4 is 23.6 Å². The summed E-state index contributed by atoms with van der Waals surface area (Å²) in [5.41, 5.74) is 0.705. The minimum absolute atomic E-state index is 0.0657. The lowest BCUT2D eigenvalue weighted by Gasteiger charge is -2.25. The third-order valence-corrected chi connectivity index (χ3v) is 4.06. The molecule has 1 atom stereocenters. The Balaban J connectivity index is 1.90. The molecule has 0 aliphatic carbocycles. The van der Waals surface area contributed by atoms with Crippen molar-refractivity contribution in [1.82, 2.24) is 10.2 Å². The molecular weight excluding hydrogens is 350 g/mol. The molecule has 0 saturated carbocycles. The molecule has 3 N–H and O–H groups in total. The number of anilines is 1. The lowest BCUT2D eigenvalue weighted by Crippen LogP contribution is -2.47. The highest BCUT2D eigenvalue weighted by Gasteiger charge is 2.34. The summed E-state index contributed by atoms with van der Waals surface area (Å²) in [7, 11) is 0. The summed E-state index contributed by atoms with van der Waals surface area (Å²) in [6.07, 6.45) is 0.623. The Morgan fingerprint density at radius 1 is 1.22 bits per heavy atom. The summed E-state index contributed by atoms with van der Waals surface area (Å²) < 4.78 is 5.11. The number of amides is 3. The molecule has 1 aromatic rings. The molecule has 0 spiro atoms. The van der Waals surface area contributed by atoms with Gasteiger partial charge in [0.2, 0.25) is 11.8 Å². The number of benzene rings is 1. The smallest absolute Gasteiger partial charge is 0.408 e. The minimum atomic E-state index is -0.667. The third kappa shape index (κ3) is 6.25. The van der Waals surface area contributed by atoms with Crippen LogP contribution in [0.2, 0.25) is 0 Å². The van der Waals surface area contributed by atoms with Gasteiger partial charge >= 0.3 is 6.09 Å². The molecule has 1 fully saturated rings. The standard InChI is InChI=1S/C19H27N3O5/c1-19(2,3)27-18(26)20-11-16(24)22-10-4-5-15(22)17(25)21-14-8-6-13(12-23)7-9-14/h6-9,15,23H,4-5,10-12H2,1-3H3,(H,20,26)(H,21,25)/t15-/m0/s1. The highest BCUT2D eigenvalue weighted by molar-refractivity contribution is 5.98. The molecule has 1 aromatic carbocycles. The van der Waals surface area contributed by atoms with Crippen LogP contribution in [0, 0.1) is 0 Å². The van der Waals surface area contributed by atoms with Crippen molar-refractivity contribution in [2.75, 3.05) is 18.4 Å². The highest BCUT2D eigenvalue weighted by Crippen LogP contribution is 2.20. The van der Waals surface area contributed by atoms with Crippen molar-refractivity contribution in [3.05, 3.63) is 29.8 Å². The van der Waals surface area contributed by atoms with Crippen molar-refractivity contribution in [3.8, 4) is 0 Å². The lowest BCUT2D eigenvalue weighted by atomic mass is 10.2. The predicted octanol–water partition coefficient (Wildman–Crippen LogP) is 1.63. The van der Waals surface area contributed by atoms with Gasteiger partial charge in [0.15, 0.2) is 0 Å². The maximum absolute atomic E-state index is 12.5. The Morgan fingerprint density at radius 3 is 2.48 bits per heavy atom. The van der Waals surface area contributed by atoms with Crippen LogP contribution in [-0.4, -0.2) is 52.6 Å². The van der Waals surface area contributed by atoms with Crippen LogP contribution in [0.25, 0.3) is 0 Å². The summed E-state index contributed by atoms with van der Waals surface area (Å²) in [4.78, 5) is 38.1. The SMILES string of the molecule is CC(C)(C)OC(=O)NCC(=O)N1CCC[C@H]1C(=O)Nc1ccc(CO)cc1. The van der Waals surface area contributed by atoms with Crippen LogP contribution in [0.3, 0.4) is 0 Å². The number of likely N-dealkylation sites (tertiary alicyclic amines) is 1. The van der Waals surface area contributed by atoms with E-state index in [1.165, 1.54) is 4.90 Å². The van der Waals surface area contributed by atoms with Gasteiger partial charge in [-0.25, -0.2) is 4.79 Å². The van der Waals surface area contributed by atoms with E-state index in [9.17, 15) is 14.4 Å². The van der Waals surface area contributed by atoms with E-state index in [2.05, 4.69) is 10.6 Å². The number of alkyl carbamates (subject to hydrolysis) is 1. The van der Waals surface area contributed by atoms with Crippen molar-refractivity contribution in [1.29, 1.82) is 0 Å². The molecule has 0 aromatic heterocycles. The first kappa shape index (κ1) is 20.7. The number of carbonyl (C=O) groups is 3. The predicted molar refractivity (Wildman–Crippen MR) is 100.0 cm³/mol. The number of aliphatic hydroxyl groups is 1. The van der Waals surface area contributed by atoms with Gasteiger partial charge in [-0.2, -0.15) is 0 Å². The molecule has 148 valence electrons. The van der Waals surface area contributed by atoms with Crippen LogP contribution in [0.5, 0.6) is 0 Å². The van der Waals surface area contributed by atoms with Crippen LogP contribution in [-0.2, 0) is 20.9 Å². The monoisotopic (exact) mass is 377 g/mol. The number of rotatable bonds is 5. The number of ether oxygens (including phenoxy) is 1. The van der Waals surface area contributed by atoms with Crippen molar-refractivity contribution in [3.63, 3.8) is 0 Å². The number of hydrogen-bond donors (Lipinski definition) is 3. The van der Waals surface area contributed by atoms with Gasteiger partial charge in [0.25, 0.3) is 0 Å². The quantitative estimate of drug-likeness (QED) is 0.723. The first-order valence-electron chi connectivity index (χ1n) is 8.96. The van der Waals surface area contributed by atoms with Crippen molar-refractivity contribution in [2.45, 2.75) is 51.9 Å². The summed E-state index contributed by atoms with van der Waals surface area (Å²) in [5.74, 6) is -0.594. The molecule has 0 bridgehead atoms. The van der Waals surface area contributed by atoms with Crippen LogP contribution >= 0.6 is 0 Å². The molecule has 1 saturated heterocycles. The molecule has 0 radical (unpaired) electrons. The van der Waals surface area contributed by atoms with Crippen LogP contribution in [0.1, 0.15) is 39.2 Å². The largest absolute Gasteiger partial charge is 0.444 e. The van der Waals surface area contributed by atoms with E-state index in [0.717, 1.165) is 12.0 Å². The number of nitrogens with zero attached hydrogens (tertiary/aromatic N) is 1. The fourth-order valence-electron chi connectivity index (χ4n) is 2.82. The van der Waals surface area contributed by atoms with E-state index < -0.39 is 17.7 Å². The average molecular weight is 377 g/mol. The highest BCUT2D eigenvalue weighted by atomic mass is 16.6. The molecule has 1 aliphatic heterocycles. The summed E-state index contributed by atoms with van der Waals surface area (Å²) >= 11 is 0. The Hall–Kier alpha value is -2.61. The Bertz CT molecular complexity index is 682. The lowest BCUT2D eigenvalue weighted by molar-refractivity contribution is -0.135. The first-order valence-corrected chi connectivity index (χ1v) is 8.96. The van der Waals surface area contributed by atoms with Crippen molar-refractivity contribution < 1.29 is 24.2 Å². The van der Waals surface area contributed by atoms with Crippen LogP contribution in [0.15, 0.2) is 24.3 Å². The fourth-order valence-corrected chi connectivity index (χ4v) is 2.82. The summed E-state index contributed by atoms with van der Waals surface area (Å²) in [5, 5.41) is 14.3. The fraction of sp³-hybridized carbons (Fsp3) is 0.526. The molecule has 1 aliphatic rings. The molecule has 2 rings (SSSR count). The van der Waals surface area contributed by atoms with Gasteiger partial charge in [-0.1, -0.05) is 12.1 Å². The second-order valence-electron chi connectivity index (χ2n) is 7.44. The zero-order valence-electron chi connectivity index (χ0n) is 15.9. The first-order chi connectivity index (χ1) is 12.7. The Labute approximate surface area is 158 Å². The van der Waals surface area contributed by atoms with E-state index in [-0.39, 0.29) is 25.0 Å². The minimum Gasteiger partial charge on any atom is -0.444 e. The van der Waals surface area contributed by atoms with Crippen molar-refractivity contribution in [2.24, 2.45) is 0 Å². The molecule has 27 heavy (non-hydrogen) atoms. The zero-order valence-corrected chi connectivity index (χ0v) is 15.9. The van der Waals surface area contributed by atoms with Gasteiger partial charge in [-0.3, -0.25) is 9.59 Å². The third-order valence-electron chi connectivity index (χ3n) is 4.06. The number of hydrogen-bond acceptors (Lipinski definition) is 5. The van der Waals surface area contributed by atoms with Crippen LogP contribution < -0.4 is 10.6 Å². The van der Waals surface area contributed by atoms with E-state index in [4.69, 9.17) is 9.84 Å². The maximum atomic E-state index is 12.5. The number of nitrogens with one attached hydrogen (secondary N) is 2. The van der Waals surface area contributed by atoms with Gasteiger partial charge in [0, 0.05) is 12.2 Å². The Morgan fingerprint density at radius 2 is 1.89 bits per heavy atom. The Kier molecular flexibility index (Phi) is 6.79. The van der Waals surface area contributed by atoms with Gasteiger partial charge in [0.1, 0.15) is 18.2 Å².